The molecule has 0 atom stereocenters. The van der Waals surface area contributed by atoms with Crippen LogP contribution in [-0.4, -0.2) is 34.8 Å². The normalized spacial score (nSPS) is 17.5. The minimum absolute atomic E-state index is 0.858. The number of methoxy groups -OCH3 is 1. The number of hydrazine groups is 1. The number of imidazole rings is 1. The maximum Gasteiger partial charge on any atom is 0.143 e. The van der Waals surface area contributed by atoms with E-state index in [1.54, 1.807) is 12.7 Å². The molecule has 2 aliphatic heterocycles. The van der Waals surface area contributed by atoms with Gasteiger partial charge in [0.05, 0.1) is 36.2 Å². The molecule has 0 spiro atoms. The zero-order chi connectivity index (χ0) is 24.4. The van der Waals surface area contributed by atoms with Gasteiger partial charge in [-0.1, -0.05) is 30.7 Å². The second-order valence-corrected chi connectivity index (χ2v) is 9.62. The number of hydrogen-bond acceptors (Lipinski definition) is 4. The lowest BCUT2D eigenvalue weighted by atomic mass is 9.93. The molecule has 3 aromatic rings. The van der Waals surface area contributed by atoms with E-state index >= 15 is 0 Å². The molecule has 35 heavy (non-hydrogen) atoms. The van der Waals surface area contributed by atoms with Gasteiger partial charge in [-0.25, -0.2) is 4.98 Å². The van der Waals surface area contributed by atoms with Gasteiger partial charge in [-0.2, -0.15) is 0 Å². The number of hydrogen-bond donors (Lipinski definition) is 0. The molecule has 182 valence electrons. The number of nitrogens with zero attached hydrogens (tertiary/aromatic N) is 4. The maximum absolute atomic E-state index is 5.78. The van der Waals surface area contributed by atoms with Crippen LogP contribution >= 0.6 is 0 Å². The van der Waals surface area contributed by atoms with Crippen molar-refractivity contribution in [3.63, 3.8) is 0 Å². The summed E-state index contributed by atoms with van der Waals surface area (Å²) >= 11 is 0. The van der Waals surface area contributed by atoms with Crippen LogP contribution in [0.25, 0.3) is 11.8 Å². The highest BCUT2D eigenvalue weighted by atomic mass is 16.5. The quantitative estimate of drug-likeness (QED) is 0.410. The number of rotatable bonds is 5. The topological polar surface area (TPSA) is 33.5 Å². The van der Waals surface area contributed by atoms with Gasteiger partial charge in [-0.05, 0) is 93.0 Å². The lowest BCUT2D eigenvalue weighted by molar-refractivity contribution is 0.297. The fourth-order valence-corrected chi connectivity index (χ4v) is 5.37. The van der Waals surface area contributed by atoms with E-state index in [1.165, 1.54) is 34.5 Å². The first-order valence-corrected chi connectivity index (χ1v) is 12.8. The predicted octanol–water partition coefficient (Wildman–Crippen LogP) is 6.86. The van der Waals surface area contributed by atoms with Crippen LogP contribution in [0.4, 0.5) is 5.69 Å². The van der Waals surface area contributed by atoms with Crippen molar-refractivity contribution < 1.29 is 4.74 Å². The minimum atomic E-state index is 0.858. The largest absolute Gasteiger partial charge is 0.495 e. The van der Waals surface area contributed by atoms with Crippen LogP contribution in [0.3, 0.4) is 0 Å². The molecule has 1 fully saturated rings. The lowest BCUT2D eigenvalue weighted by Gasteiger charge is -2.43. The Labute approximate surface area is 209 Å². The molecule has 0 amide bonds. The number of allylic oxidation sites excluding steroid dienone is 2. The Kier molecular flexibility index (Phi) is 6.67. The number of anilines is 1. The molecule has 1 aromatic heterocycles. The van der Waals surface area contributed by atoms with Crippen LogP contribution in [0.2, 0.25) is 0 Å². The number of fused-ring (bicyclic) bond motifs is 1. The Morgan fingerprint density at radius 2 is 1.74 bits per heavy atom. The van der Waals surface area contributed by atoms with Gasteiger partial charge in [0.15, 0.2) is 0 Å². The van der Waals surface area contributed by atoms with Gasteiger partial charge in [0.1, 0.15) is 5.75 Å². The summed E-state index contributed by atoms with van der Waals surface area (Å²) in [4.78, 5) is 4.37. The summed E-state index contributed by atoms with van der Waals surface area (Å²) in [5.74, 6) is 0.858. The van der Waals surface area contributed by atoms with Crippen LogP contribution < -0.4 is 9.75 Å². The third-order valence-electron chi connectivity index (χ3n) is 7.15. The fourth-order valence-electron chi connectivity index (χ4n) is 5.37. The van der Waals surface area contributed by atoms with E-state index in [0.29, 0.717) is 0 Å². The molecule has 2 aliphatic rings. The number of ether oxygens (including phenoxy) is 1. The molecule has 5 heteroatoms. The van der Waals surface area contributed by atoms with Gasteiger partial charge in [-0.3, -0.25) is 10.0 Å². The van der Waals surface area contributed by atoms with Crippen molar-refractivity contribution in [2.24, 2.45) is 0 Å². The van der Waals surface area contributed by atoms with Crippen molar-refractivity contribution in [3.8, 4) is 11.4 Å². The van der Waals surface area contributed by atoms with E-state index in [2.05, 4.69) is 77.4 Å². The monoisotopic (exact) mass is 468 g/mol. The molecule has 3 heterocycles. The second kappa shape index (κ2) is 10.0. The molecule has 0 radical (unpaired) electrons. The number of benzene rings is 2. The molecule has 5 rings (SSSR count). The van der Waals surface area contributed by atoms with Gasteiger partial charge in [0, 0.05) is 19.3 Å². The highest BCUT2D eigenvalue weighted by molar-refractivity contribution is 5.64. The van der Waals surface area contributed by atoms with E-state index in [4.69, 9.17) is 4.74 Å². The Morgan fingerprint density at radius 3 is 2.46 bits per heavy atom. The zero-order valence-corrected chi connectivity index (χ0v) is 21.4. The fraction of sp³-hybridized carbons (Fsp3) is 0.367. The number of piperidine rings is 1. The molecule has 5 nitrogen and oxygen atoms in total. The standard InChI is InChI=1S/C30H36N4O/c1-5-25-8-6-16-33(27-13-10-22(2)11-14-27)34-17-7-9-26(30(25)34)18-24-12-15-28(29(19-24)35-4)32-20-23(3)31-21-32/h10-15,18-21H,5-9,16-17H2,1-4H3. The summed E-state index contributed by atoms with van der Waals surface area (Å²) in [7, 11) is 1.74. The van der Waals surface area contributed by atoms with Crippen molar-refractivity contribution >= 4 is 11.8 Å². The van der Waals surface area contributed by atoms with Gasteiger partial charge in [-0.15, -0.1) is 0 Å². The van der Waals surface area contributed by atoms with Crippen LogP contribution in [0.15, 0.2) is 71.8 Å². The third-order valence-corrected chi connectivity index (χ3v) is 7.15. The summed E-state index contributed by atoms with van der Waals surface area (Å²) < 4.78 is 7.81. The van der Waals surface area contributed by atoms with Crippen molar-refractivity contribution in [2.45, 2.75) is 52.9 Å². The molecule has 0 unspecified atom stereocenters. The average Bonchev–Trinajstić information content (AvgIpc) is 3.21. The van der Waals surface area contributed by atoms with E-state index in [0.717, 1.165) is 55.9 Å². The van der Waals surface area contributed by atoms with E-state index in [9.17, 15) is 0 Å². The maximum atomic E-state index is 5.78. The molecular formula is C30H36N4O. The smallest absolute Gasteiger partial charge is 0.143 e. The van der Waals surface area contributed by atoms with Crippen molar-refractivity contribution in [1.82, 2.24) is 14.6 Å². The Hall–Kier alpha value is -3.47. The number of aryl methyl sites for hydroxylation is 2. The minimum Gasteiger partial charge on any atom is -0.495 e. The van der Waals surface area contributed by atoms with Gasteiger partial charge >= 0.3 is 0 Å². The summed E-state index contributed by atoms with van der Waals surface area (Å²) in [6.45, 7) is 8.58. The molecule has 0 bridgehead atoms. The van der Waals surface area contributed by atoms with Crippen molar-refractivity contribution in [2.75, 3.05) is 25.2 Å². The van der Waals surface area contributed by atoms with Gasteiger partial charge in [0.25, 0.3) is 0 Å². The Bertz CT molecular complexity index is 1250. The van der Waals surface area contributed by atoms with Crippen LogP contribution in [-0.2, 0) is 0 Å². The van der Waals surface area contributed by atoms with Gasteiger partial charge in [0.2, 0.25) is 0 Å². The summed E-state index contributed by atoms with van der Waals surface area (Å²) in [5.41, 5.74) is 10.2. The Morgan fingerprint density at radius 1 is 0.971 bits per heavy atom. The summed E-state index contributed by atoms with van der Waals surface area (Å²) in [5, 5.41) is 5.07. The molecule has 0 N–H and O–H groups in total. The predicted molar refractivity (Wildman–Crippen MR) is 144 cm³/mol. The zero-order valence-electron chi connectivity index (χ0n) is 21.4. The first kappa shape index (κ1) is 23.3. The second-order valence-electron chi connectivity index (χ2n) is 9.62. The molecular weight excluding hydrogens is 432 g/mol. The lowest BCUT2D eigenvalue weighted by Crippen LogP contribution is -2.45. The average molecular weight is 469 g/mol. The van der Waals surface area contributed by atoms with Crippen LogP contribution in [0.5, 0.6) is 5.75 Å². The SMILES string of the molecule is CCC1=C2C(=Cc3ccc(-n4cnc(C)c4)c(OC)c3)CCCN2N(c2ccc(C)cc2)CCC1. The highest BCUT2D eigenvalue weighted by Gasteiger charge is 2.29. The number of aromatic nitrogens is 2. The van der Waals surface area contributed by atoms with Gasteiger partial charge < -0.3 is 9.30 Å². The molecule has 1 saturated heterocycles. The van der Waals surface area contributed by atoms with E-state index in [1.807, 2.05) is 24.0 Å². The molecule has 0 saturated carbocycles. The first-order chi connectivity index (χ1) is 17.1. The third kappa shape index (κ3) is 4.72. The Balaban J connectivity index is 1.53. The van der Waals surface area contributed by atoms with Crippen LogP contribution in [0, 0.1) is 13.8 Å². The van der Waals surface area contributed by atoms with Crippen molar-refractivity contribution in [1.29, 1.82) is 0 Å². The van der Waals surface area contributed by atoms with Crippen LogP contribution in [0.1, 0.15) is 55.8 Å². The molecule has 0 aliphatic carbocycles. The van der Waals surface area contributed by atoms with E-state index < -0.39 is 0 Å². The van der Waals surface area contributed by atoms with E-state index in [-0.39, 0.29) is 0 Å². The van der Waals surface area contributed by atoms with Crippen molar-refractivity contribution in [3.05, 3.63) is 88.7 Å². The first-order valence-electron chi connectivity index (χ1n) is 12.8. The molecule has 2 aromatic carbocycles. The summed E-state index contributed by atoms with van der Waals surface area (Å²) in [6, 6.07) is 15.5. The highest BCUT2D eigenvalue weighted by Crippen LogP contribution is 2.38. The summed E-state index contributed by atoms with van der Waals surface area (Å²) in [6.07, 6.45) is 11.9.